The van der Waals surface area contributed by atoms with Crippen LogP contribution in [0.15, 0.2) is 24.3 Å². The number of rotatable bonds is 5. The van der Waals surface area contributed by atoms with Gasteiger partial charge in [-0.15, -0.1) is 0 Å². The second-order valence-electron chi connectivity index (χ2n) is 3.92. The lowest BCUT2D eigenvalue weighted by atomic mass is 9.96. The van der Waals surface area contributed by atoms with Crippen molar-refractivity contribution in [1.29, 1.82) is 0 Å². The van der Waals surface area contributed by atoms with E-state index in [-0.39, 0.29) is 6.54 Å². The molecule has 4 N–H and O–H groups in total. The summed E-state index contributed by atoms with van der Waals surface area (Å²) in [6.45, 7) is 1.78. The average molecular weight is 223 g/mol. The molecule has 0 amide bonds. The summed E-state index contributed by atoms with van der Waals surface area (Å²) < 4.78 is 0. The van der Waals surface area contributed by atoms with Crippen LogP contribution in [-0.2, 0) is 11.2 Å². The van der Waals surface area contributed by atoms with Crippen LogP contribution >= 0.6 is 0 Å². The van der Waals surface area contributed by atoms with Crippen LogP contribution in [0.3, 0.4) is 0 Å². The Labute approximate surface area is 94.7 Å². The van der Waals surface area contributed by atoms with E-state index in [4.69, 9.17) is 10.8 Å². The molecule has 0 heterocycles. The highest BCUT2D eigenvalue weighted by atomic mass is 16.4. The Morgan fingerprint density at radius 1 is 1.50 bits per heavy atom. The zero-order chi connectivity index (χ0) is 12.1. The quantitative estimate of drug-likeness (QED) is 0.687. The molecule has 1 aromatic rings. The predicted molar refractivity (Wildman–Crippen MR) is 61.3 cm³/mol. The molecule has 4 nitrogen and oxygen atoms in total. The lowest BCUT2D eigenvalue weighted by Gasteiger charge is -2.12. The topological polar surface area (TPSA) is 83.5 Å². The summed E-state index contributed by atoms with van der Waals surface area (Å²) in [5, 5.41) is 18.2. The summed E-state index contributed by atoms with van der Waals surface area (Å²) >= 11 is 0. The molecule has 0 saturated heterocycles. The fraction of sp³-hybridized carbons (Fsp3) is 0.417. The van der Waals surface area contributed by atoms with E-state index < -0.39 is 18.0 Å². The van der Waals surface area contributed by atoms with Crippen LogP contribution in [0.5, 0.6) is 0 Å². The van der Waals surface area contributed by atoms with Gasteiger partial charge in [-0.25, -0.2) is 0 Å². The minimum Gasteiger partial charge on any atom is -0.481 e. The molecule has 0 aromatic heterocycles. The van der Waals surface area contributed by atoms with Crippen molar-refractivity contribution in [3.8, 4) is 0 Å². The number of aliphatic carboxylic acids is 1. The fourth-order valence-electron chi connectivity index (χ4n) is 1.66. The van der Waals surface area contributed by atoms with Crippen molar-refractivity contribution in [3.05, 3.63) is 35.4 Å². The van der Waals surface area contributed by atoms with Gasteiger partial charge in [0.2, 0.25) is 0 Å². The summed E-state index contributed by atoms with van der Waals surface area (Å²) in [5.41, 5.74) is 7.04. The zero-order valence-corrected chi connectivity index (χ0v) is 9.26. The number of carboxylic acid groups (broad SMARTS) is 1. The Morgan fingerprint density at radius 2 is 2.19 bits per heavy atom. The second kappa shape index (κ2) is 5.63. The summed E-state index contributed by atoms with van der Waals surface area (Å²) in [6.07, 6.45) is 0.0847. The monoisotopic (exact) mass is 223 g/mol. The number of carboxylic acids is 1. The van der Waals surface area contributed by atoms with Crippen LogP contribution in [0.1, 0.15) is 24.0 Å². The van der Waals surface area contributed by atoms with Gasteiger partial charge in [0.25, 0.3) is 0 Å². The molecule has 1 aromatic carbocycles. The molecule has 0 fully saturated rings. The Hall–Kier alpha value is -1.39. The van der Waals surface area contributed by atoms with Gasteiger partial charge >= 0.3 is 5.97 Å². The summed E-state index contributed by atoms with van der Waals surface area (Å²) in [4.78, 5) is 10.9. The number of nitrogens with two attached hydrogens (primary N) is 1. The smallest absolute Gasteiger partial charge is 0.312 e. The lowest BCUT2D eigenvalue weighted by molar-refractivity contribution is -0.138. The second-order valence-corrected chi connectivity index (χ2v) is 3.92. The van der Waals surface area contributed by atoms with Crippen molar-refractivity contribution in [2.24, 2.45) is 5.73 Å². The first-order valence-electron chi connectivity index (χ1n) is 5.24. The van der Waals surface area contributed by atoms with Crippen LogP contribution in [-0.4, -0.2) is 28.8 Å². The van der Waals surface area contributed by atoms with E-state index >= 15 is 0 Å². The predicted octanol–water partition coefficient (Wildman–Crippen LogP) is 0.737. The van der Waals surface area contributed by atoms with Crippen LogP contribution in [0.4, 0.5) is 0 Å². The third kappa shape index (κ3) is 3.32. The molecule has 88 valence electrons. The van der Waals surface area contributed by atoms with Crippen molar-refractivity contribution < 1.29 is 15.0 Å². The standard InChI is InChI=1S/C12H17NO3/c1-8(14)5-9-3-2-4-10(6-9)11(7-13)12(15)16/h2-4,6,8,11,14H,5,7,13H2,1H3,(H,15,16). The molecule has 0 radical (unpaired) electrons. The van der Waals surface area contributed by atoms with Crippen molar-refractivity contribution in [2.45, 2.75) is 25.4 Å². The number of benzene rings is 1. The van der Waals surface area contributed by atoms with Crippen molar-refractivity contribution >= 4 is 5.97 Å². The van der Waals surface area contributed by atoms with E-state index in [2.05, 4.69) is 0 Å². The third-order valence-electron chi connectivity index (χ3n) is 2.42. The van der Waals surface area contributed by atoms with E-state index in [1.54, 1.807) is 25.1 Å². The highest BCUT2D eigenvalue weighted by molar-refractivity contribution is 5.76. The lowest BCUT2D eigenvalue weighted by Crippen LogP contribution is -2.21. The molecule has 0 saturated carbocycles. The van der Waals surface area contributed by atoms with Crippen LogP contribution < -0.4 is 5.73 Å². The van der Waals surface area contributed by atoms with Gasteiger partial charge in [-0.2, -0.15) is 0 Å². The SMILES string of the molecule is CC(O)Cc1cccc(C(CN)C(=O)O)c1. The zero-order valence-electron chi connectivity index (χ0n) is 9.26. The summed E-state index contributed by atoms with van der Waals surface area (Å²) in [6, 6.07) is 7.19. The van der Waals surface area contributed by atoms with Gasteiger partial charge < -0.3 is 15.9 Å². The molecule has 0 spiro atoms. The van der Waals surface area contributed by atoms with Gasteiger partial charge in [0.05, 0.1) is 12.0 Å². The van der Waals surface area contributed by atoms with Gasteiger partial charge in [0.15, 0.2) is 0 Å². The number of aliphatic hydroxyl groups excluding tert-OH is 1. The van der Waals surface area contributed by atoms with Crippen molar-refractivity contribution in [1.82, 2.24) is 0 Å². The molecule has 16 heavy (non-hydrogen) atoms. The van der Waals surface area contributed by atoms with Gasteiger partial charge in [-0.3, -0.25) is 4.79 Å². The summed E-state index contributed by atoms with van der Waals surface area (Å²) in [5.74, 6) is -1.59. The number of carbonyl (C=O) groups is 1. The maximum Gasteiger partial charge on any atom is 0.312 e. The van der Waals surface area contributed by atoms with E-state index in [1.165, 1.54) is 0 Å². The summed E-state index contributed by atoms with van der Waals surface area (Å²) in [7, 11) is 0. The number of hydrogen-bond donors (Lipinski definition) is 3. The molecule has 1 rings (SSSR count). The van der Waals surface area contributed by atoms with E-state index in [1.807, 2.05) is 6.07 Å². The highest BCUT2D eigenvalue weighted by Crippen LogP contribution is 2.17. The molecular formula is C12H17NO3. The van der Waals surface area contributed by atoms with Crippen molar-refractivity contribution in [2.75, 3.05) is 6.54 Å². The largest absolute Gasteiger partial charge is 0.481 e. The molecule has 0 bridgehead atoms. The molecule has 0 aliphatic heterocycles. The maximum atomic E-state index is 10.9. The van der Waals surface area contributed by atoms with E-state index in [9.17, 15) is 9.90 Å². The van der Waals surface area contributed by atoms with Gasteiger partial charge in [-0.05, 0) is 24.5 Å². The molecule has 2 unspecified atom stereocenters. The first kappa shape index (κ1) is 12.7. The van der Waals surface area contributed by atoms with E-state index in [0.717, 1.165) is 5.56 Å². The first-order chi connectivity index (χ1) is 7.54. The number of hydrogen-bond acceptors (Lipinski definition) is 3. The van der Waals surface area contributed by atoms with Gasteiger partial charge in [-0.1, -0.05) is 24.3 Å². The Morgan fingerprint density at radius 3 is 2.69 bits per heavy atom. The van der Waals surface area contributed by atoms with Crippen LogP contribution in [0, 0.1) is 0 Å². The molecular weight excluding hydrogens is 206 g/mol. The Kier molecular flexibility index (Phi) is 4.46. The molecule has 0 aliphatic rings. The molecule has 4 heteroatoms. The highest BCUT2D eigenvalue weighted by Gasteiger charge is 2.17. The van der Waals surface area contributed by atoms with Crippen LogP contribution in [0.25, 0.3) is 0 Å². The van der Waals surface area contributed by atoms with Gasteiger partial charge in [0, 0.05) is 6.54 Å². The van der Waals surface area contributed by atoms with Crippen molar-refractivity contribution in [3.63, 3.8) is 0 Å². The van der Waals surface area contributed by atoms with Gasteiger partial charge in [0.1, 0.15) is 0 Å². The first-order valence-corrected chi connectivity index (χ1v) is 5.24. The Bertz CT molecular complexity index is 363. The number of aliphatic hydroxyl groups is 1. The molecule has 2 atom stereocenters. The Balaban J connectivity index is 2.92. The maximum absolute atomic E-state index is 10.9. The van der Waals surface area contributed by atoms with Crippen LogP contribution in [0.2, 0.25) is 0 Å². The fourth-order valence-corrected chi connectivity index (χ4v) is 1.66. The average Bonchev–Trinajstić information content (AvgIpc) is 2.17. The molecule has 0 aliphatic carbocycles. The minimum absolute atomic E-state index is 0.0769. The third-order valence-corrected chi connectivity index (χ3v) is 2.42. The van der Waals surface area contributed by atoms with E-state index in [0.29, 0.717) is 12.0 Å². The normalized spacial score (nSPS) is 14.4. The minimum atomic E-state index is -0.920.